The molecule has 8 heteroatoms. The van der Waals surface area contributed by atoms with Gasteiger partial charge in [-0.25, -0.2) is 8.42 Å². The molecule has 1 aliphatic heterocycles. The second-order valence-corrected chi connectivity index (χ2v) is 11.2. The van der Waals surface area contributed by atoms with Crippen molar-refractivity contribution in [2.75, 3.05) is 6.26 Å². The van der Waals surface area contributed by atoms with Gasteiger partial charge < -0.3 is 14.4 Å². The third-order valence-electron chi connectivity index (χ3n) is 6.45. The second kappa shape index (κ2) is 7.46. The Morgan fingerprint density at radius 1 is 1.14 bits per heavy atom. The molecule has 6 nitrogen and oxygen atoms in total. The van der Waals surface area contributed by atoms with Gasteiger partial charge >= 0.3 is 13.1 Å². The molecule has 1 fully saturated rings. The Bertz CT molecular complexity index is 815. The van der Waals surface area contributed by atoms with E-state index in [2.05, 4.69) is 0 Å². The zero-order valence-corrected chi connectivity index (χ0v) is 18.6. The summed E-state index contributed by atoms with van der Waals surface area (Å²) in [7, 11) is -4.25. The van der Waals surface area contributed by atoms with E-state index >= 15 is 0 Å². The van der Waals surface area contributed by atoms with E-state index in [0.717, 1.165) is 17.3 Å². The first-order chi connectivity index (χ1) is 12.7. The van der Waals surface area contributed by atoms with Gasteiger partial charge in [0.05, 0.1) is 11.2 Å². The van der Waals surface area contributed by atoms with Gasteiger partial charge in [-0.3, -0.25) is 4.79 Å². The average molecular weight is 410 g/mol. The van der Waals surface area contributed by atoms with E-state index in [1.807, 2.05) is 58.9 Å². The minimum absolute atomic E-state index is 0.357. The first kappa shape index (κ1) is 22.9. The molecule has 0 spiro atoms. The van der Waals surface area contributed by atoms with Crippen molar-refractivity contribution < 1.29 is 27.6 Å². The highest BCUT2D eigenvalue weighted by Crippen LogP contribution is 2.36. The molecule has 0 aromatic heterocycles. The third kappa shape index (κ3) is 4.00. The van der Waals surface area contributed by atoms with Crippen molar-refractivity contribution >= 4 is 28.4 Å². The SMILES string of the molecule is CCC(Cc1ccc(B2OC(C)(C)C(C)(C)O2)cc1)[C@](C)(C(=O)O)S(C)(=O)=O. The standard InChI is InChI=1S/C20H31BO6S/c1-8-15(20(6,17(22)23)28(7,24)25)13-14-9-11-16(12-10-14)21-26-18(2,3)19(4,5)27-21/h9-12,15H,8,13H2,1-7H3,(H,22,23)/t15?,20-/m1/s1. The lowest BCUT2D eigenvalue weighted by molar-refractivity contribution is -0.141. The number of hydrogen-bond donors (Lipinski definition) is 1. The van der Waals surface area contributed by atoms with Gasteiger partial charge in [0.25, 0.3) is 0 Å². The molecule has 0 aliphatic carbocycles. The summed E-state index contributed by atoms with van der Waals surface area (Å²) in [6.45, 7) is 11.1. The summed E-state index contributed by atoms with van der Waals surface area (Å²) < 4.78 is 34.7. The maximum atomic E-state index is 12.2. The minimum Gasteiger partial charge on any atom is -0.480 e. The molecule has 28 heavy (non-hydrogen) atoms. The van der Waals surface area contributed by atoms with Gasteiger partial charge in [0.1, 0.15) is 0 Å². The smallest absolute Gasteiger partial charge is 0.480 e. The van der Waals surface area contributed by atoms with Crippen LogP contribution in [-0.4, -0.2) is 48.8 Å². The quantitative estimate of drug-likeness (QED) is 0.695. The van der Waals surface area contributed by atoms with Crippen LogP contribution in [0.1, 0.15) is 53.5 Å². The molecule has 0 amide bonds. The van der Waals surface area contributed by atoms with E-state index < -0.39 is 44.8 Å². The summed E-state index contributed by atoms with van der Waals surface area (Å²) in [5.74, 6) is -1.85. The molecule has 0 radical (unpaired) electrons. The molecule has 1 aromatic rings. The van der Waals surface area contributed by atoms with Gasteiger partial charge in [-0.1, -0.05) is 37.6 Å². The van der Waals surface area contributed by atoms with Gasteiger partial charge in [0, 0.05) is 6.26 Å². The van der Waals surface area contributed by atoms with Crippen LogP contribution in [0.3, 0.4) is 0 Å². The number of carboxylic acid groups (broad SMARTS) is 1. The molecular formula is C20H31BO6S. The molecule has 1 N–H and O–H groups in total. The molecule has 2 rings (SSSR count). The first-order valence-electron chi connectivity index (χ1n) is 9.53. The highest BCUT2D eigenvalue weighted by atomic mass is 32.2. The van der Waals surface area contributed by atoms with Crippen molar-refractivity contribution in [2.45, 2.75) is 70.3 Å². The Morgan fingerprint density at radius 3 is 1.96 bits per heavy atom. The Balaban J connectivity index is 2.23. The van der Waals surface area contributed by atoms with E-state index in [4.69, 9.17) is 9.31 Å². The van der Waals surface area contributed by atoms with Crippen LogP contribution in [0.2, 0.25) is 0 Å². The van der Waals surface area contributed by atoms with Crippen molar-refractivity contribution in [1.29, 1.82) is 0 Å². The lowest BCUT2D eigenvalue weighted by Gasteiger charge is -2.32. The van der Waals surface area contributed by atoms with Crippen LogP contribution in [-0.2, 0) is 30.4 Å². The molecule has 1 aliphatic rings. The summed E-state index contributed by atoms with van der Waals surface area (Å²) in [5, 5.41) is 9.62. The van der Waals surface area contributed by atoms with Crippen molar-refractivity contribution in [3.63, 3.8) is 0 Å². The second-order valence-electron chi connectivity index (χ2n) is 8.82. The fourth-order valence-electron chi connectivity index (χ4n) is 3.44. The van der Waals surface area contributed by atoms with Crippen LogP contribution in [0.15, 0.2) is 24.3 Å². The van der Waals surface area contributed by atoms with Gasteiger partial charge in [-0.15, -0.1) is 0 Å². The van der Waals surface area contributed by atoms with Crippen LogP contribution in [0, 0.1) is 5.92 Å². The van der Waals surface area contributed by atoms with Crippen molar-refractivity contribution in [1.82, 2.24) is 0 Å². The average Bonchev–Trinajstić information content (AvgIpc) is 2.79. The largest absolute Gasteiger partial charge is 0.494 e. The van der Waals surface area contributed by atoms with E-state index in [1.54, 1.807) is 0 Å². The lowest BCUT2D eigenvalue weighted by atomic mass is 9.78. The Hall–Kier alpha value is -1.38. The molecule has 0 saturated carbocycles. The monoisotopic (exact) mass is 410 g/mol. The number of carbonyl (C=O) groups is 1. The topological polar surface area (TPSA) is 89.9 Å². The number of carboxylic acids is 1. The van der Waals surface area contributed by atoms with Crippen molar-refractivity contribution in [2.24, 2.45) is 5.92 Å². The van der Waals surface area contributed by atoms with Gasteiger partial charge in [0.15, 0.2) is 14.6 Å². The predicted molar refractivity (Wildman–Crippen MR) is 111 cm³/mol. The molecular weight excluding hydrogens is 379 g/mol. The number of sulfone groups is 1. The number of benzene rings is 1. The maximum absolute atomic E-state index is 12.2. The molecule has 1 heterocycles. The van der Waals surface area contributed by atoms with Crippen LogP contribution in [0.4, 0.5) is 0 Å². The van der Waals surface area contributed by atoms with E-state index in [9.17, 15) is 18.3 Å². The number of aliphatic carboxylic acids is 1. The van der Waals surface area contributed by atoms with Crippen LogP contribution in [0.5, 0.6) is 0 Å². The Kier molecular flexibility index (Phi) is 6.11. The highest BCUT2D eigenvalue weighted by molar-refractivity contribution is 7.92. The molecule has 2 atom stereocenters. The molecule has 0 bridgehead atoms. The predicted octanol–water partition coefficient (Wildman–Crippen LogP) is 2.44. The summed E-state index contributed by atoms with van der Waals surface area (Å²) >= 11 is 0. The van der Waals surface area contributed by atoms with Gasteiger partial charge in [-0.05, 0) is 58.0 Å². The van der Waals surface area contributed by atoms with Crippen LogP contribution in [0.25, 0.3) is 0 Å². The Labute approximate surface area is 168 Å². The zero-order chi connectivity index (χ0) is 21.5. The highest BCUT2D eigenvalue weighted by Gasteiger charge is 2.52. The molecule has 1 aromatic carbocycles. The number of hydrogen-bond acceptors (Lipinski definition) is 5. The van der Waals surface area contributed by atoms with E-state index in [-0.39, 0.29) is 0 Å². The summed E-state index contributed by atoms with van der Waals surface area (Å²) in [5.41, 5.74) is 0.896. The third-order valence-corrected chi connectivity index (χ3v) is 8.50. The normalized spacial score (nSPS) is 21.9. The van der Waals surface area contributed by atoms with Crippen LogP contribution >= 0.6 is 0 Å². The van der Waals surface area contributed by atoms with E-state index in [0.29, 0.717) is 12.8 Å². The summed E-state index contributed by atoms with van der Waals surface area (Å²) in [6.07, 6.45) is 1.79. The molecule has 156 valence electrons. The fraction of sp³-hybridized carbons (Fsp3) is 0.650. The van der Waals surface area contributed by atoms with Gasteiger partial charge in [-0.2, -0.15) is 0 Å². The first-order valence-corrected chi connectivity index (χ1v) is 11.4. The summed E-state index contributed by atoms with van der Waals surface area (Å²) in [4.78, 5) is 11.8. The fourth-order valence-corrected chi connectivity index (χ4v) is 4.61. The lowest BCUT2D eigenvalue weighted by Crippen LogP contribution is -2.50. The Morgan fingerprint density at radius 2 is 1.61 bits per heavy atom. The maximum Gasteiger partial charge on any atom is 0.494 e. The minimum atomic E-state index is -3.78. The molecule has 1 unspecified atom stereocenters. The number of rotatable bonds is 7. The van der Waals surface area contributed by atoms with Gasteiger partial charge in [0.2, 0.25) is 0 Å². The molecule has 1 saturated heterocycles. The zero-order valence-electron chi connectivity index (χ0n) is 17.8. The van der Waals surface area contributed by atoms with E-state index in [1.165, 1.54) is 6.92 Å². The van der Waals surface area contributed by atoms with Crippen LogP contribution < -0.4 is 5.46 Å². The van der Waals surface area contributed by atoms with Crippen molar-refractivity contribution in [3.8, 4) is 0 Å². The summed E-state index contributed by atoms with van der Waals surface area (Å²) in [6, 6.07) is 7.55. The van der Waals surface area contributed by atoms with Crippen molar-refractivity contribution in [3.05, 3.63) is 29.8 Å².